The molecule has 2 aliphatic carbocycles. The Balaban J connectivity index is 1.41. The summed E-state index contributed by atoms with van der Waals surface area (Å²) in [6.45, 7) is -0.978. The topological polar surface area (TPSA) is 202 Å². The molecule has 2 fully saturated rings. The third-order valence-corrected chi connectivity index (χ3v) is 8.12. The van der Waals surface area contributed by atoms with Gasteiger partial charge >= 0.3 is 17.9 Å². The standard InChI is InChI=1S/C27H32N10O6/c1-13-11-27(13,23(28)38)37-22-16(21(34-37)33-25(40)43-4)7-8-19(32-22)31-20-10-17-18(12-29-20)35(2)26(41)36(17)15-6-5-14(9-15)30-24(39)42-3/h7-8,10,12-15H,5-6,9,11H2,1-4H3,(H2,28,38)(H,30,39)(H,29,31,32)(H,33,34,40)/i2D3,14D. The summed E-state index contributed by atoms with van der Waals surface area (Å²) in [5.74, 6) is -0.179. The number of rotatable bonds is 7. The van der Waals surface area contributed by atoms with Crippen molar-refractivity contribution in [3.63, 3.8) is 0 Å². The highest BCUT2D eigenvalue weighted by atomic mass is 16.5. The van der Waals surface area contributed by atoms with Crippen LogP contribution in [0.5, 0.6) is 0 Å². The molecule has 0 bridgehead atoms. The van der Waals surface area contributed by atoms with E-state index in [0.29, 0.717) is 22.8 Å². The lowest BCUT2D eigenvalue weighted by molar-refractivity contribution is -0.123. The third-order valence-electron chi connectivity index (χ3n) is 8.12. The van der Waals surface area contributed by atoms with Gasteiger partial charge in [0.1, 0.15) is 17.2 Å². The van der Waals surface area contributed by atoms with E-state index in [4.69, 9.17) is 16.0 Å². The van der Waals surface area contributed by atoms with Crippen molar-refractivity contribution in [2.45, 2.75) is 50.2 Å². The summed E-state index contributed by atoms with van der Waals surface area (Å²) < 4.78 is 45.4. The van der Waals surface area contributed by atoms with Gasteiger partial charge in [0.05, 0.1) is 38.2 Å². The molecule has 4 aromatic rings. The van der Waals surface area contributed by atoms with Crippen LogP contribution in [-0.2, 0) is 26.8 Å². The highest BCUT2D eigenvalue weighted by Gasteiger charge is 2.60. The van der Waals surface area contributed by atoms with E-state index in [0.717, 1.165) is 0 Å². The van der Waals surface area contributed by atoms with Crippen LogP contribution in [0.2, 0.25) is 0 Å². The first-order valence-electron chi connectivity index (χ1n) is 15.4. The number of carbonyl (C=O) groups is 3. The molecule has 226 valence electrons. The van der Waals surface area contributed by atoms with Gasteiger partial charge in [-0.05, 0) is 43.7 Å². The van der Waals surface area contributed by atoms with Crippen LogP contribution in [-0.4, -0.2) is 67.2 Å². The predicted octanol–water partition coefficient (Wildman–Crippen LogP) is 2.07. The number of aryl methyl sites for hydroxylation is 1. The van der Waals surface area contributed by atoms with E-state index in [2.05, 4.69) is 35.8 Å². The Labute approximate surface area is 250 Å². The molecule has 0 radical (unpaired) electrons. The number of hydrogen-bond donors (Lipinski definition) is 4. The molecular weight excluding hydrogens is 560 g/mol. The van der Waals surface area contributed by atoms with Crippen molar-refractivity contribution in [2.75, 3.05) is 24.9 Å². The molecule has 16 nitrogen and oxygen atoms in total. The zero-order valence-corrected chi connectivity index (χ0v) is 23.5. The minimum Gasteiger partial charge on any atom is -0.453 e. The highest BCUT2D eigenvalue weighted by molar-refractivity contribution is 5.98. The van der Waals surface area contributed by atoms with Crippen molar-refractivity contribution < 1.29 is 29.3 Å². The summed E-state index contributed by atoms with van der Waals surface area (Å²) in [5, 5.41) is 12.9. The number of nitrogens with zero attached hydrogens (tertiary/aromatic N) is 6. The molecule has 6 rings (SSSR count). The molecule has 4 unspecified atom stereocenters. The summed E-state index contributed by atoms with van der Waals surface area (Å²) in [4.78, 5) is 59.0. The Morgan fingerprint density at radius 2 is 1.93 bits per heavy atom. The van der Waals surface area contributed by atoms with Crippen molar-refractivity contribution in [2.24, 2.45) is 18.6 Å². The molecule has 4 atom stereocenters. The molecule has 43 heavy (non-hydrogen) atoms. The van der Waals surface area contributed by atoms with Gasteiger partial charge in [0.25, 0.3) is 0 Å². The third kappa shape index (κ3) is 4.58. The first-order valence-corrected chi connectivity index (χ1v) is 13.4. The lowest BCUT2D eigenvalue weighted by atomic mass is 10.2. The molecular formula is C27H32N10O6. The number of nitrogens with one attached hydrogen (secondary N) is 3. The molecule has 0 spiro atoms. The molecule has 4 aromatic heterocycles. The second kappa shape index (κ2) is 10.3. The zero-order chi connectivity index (χ0) is 34.1. The lowest BCUT2D eigenvalue weighted by Crippen LogP contribution is -2.36. The van der Waals surface area contributed by atoms with E-state index in [1.165, 1.54) is 35.7 Å². The second-order valence-corrected chi connectivity index (χ2v) is 10.6. The van der Waals surface area contributed by atoms with Crippen LogP contribution in [0.25, 0.3) is 22.1 Å². The van der Waals surface area contributed by atoms with Crippen LogP contribution in [0.15, 0.2) is 29.2 Å². The Hall–Kier alpha value is -5.15. The quantitative estimate of drug-likeness (QED) is 0.245. The molecule has 2 aliphatic rings. The number of primary amides is 1. The molecule has 4 heterocycles. The molecule has 3 amide bonds. The SMILES string of the molecule is [2H]C1(NC(=O)OC)CCC(n2c(=O)n(C([2H])([2H])[2H])c3cnc(Nc4ccc5c(NC(=O)OC)nn(C6(C(N)=O)CC6C)c5n4)cc32)C1. The smallest absolute Gasteiger partial charge is 0.412 e. The number of alkyl carbamates (subject to hydrolysis) is 1. The van der Waals surface area contributed by atoms with E-state index >= 15 is 0 Å². The van der Waals surface area contributed by atoms with E-state index in [9.17, 15) is 19.2 Å². The summed E-state index contributed by atoms with van der Waals surface area (Å²) in [5.41, 5.74) is 4.36. The normalized spacial score (nSPS) is 26.2. The number of nitrogens with two attached hydrogens (primary N) is 1. The van der Waals surface area contributed by atoms with Gasteiger partial charge in [0, 0.05) is 29.2 Å². The van der Waals surface area contributed by atoms with Crippen molar-refractivity contribution in [1.82, 2.24) is 34.2 Å². The average Bonchev–Trinajstić information content (AvgIpc) is 3.23. The van der Waals surface area contributed by atoms with E-state index < -0.39 is 48.4 Å². The highest BCUT2D eigenvalue weighted by Crippen LogP contribution is 2.51. The minimum atomic E-state index is -2.82. The van der Waals surface area contributed by atoms with Gasteiger partial charge in [0.2, 0.25) is 5.91 Å². The van der Waals surface area contributed by atoms with Crippen LogP contribution in [0, 0.1) is 5.92 Å². The Morgan fingerprint density at radius 3 is 2.60 bits per heavy atom. The van der Waals surface area contributed by atoms with Crippen molar-refractivity contribution in [1.29, 1.82) is 0 Å². The maximum absolute atomic E-state index is 13.6. The zero-order valence-electron chi connectivity index (χ0n) is 27.5. The van der Waals surface area contributed by atoms with Gasteiger partial charge in [-0.2, -0.15) is 5.10 Å². The van der Waals surface area contributed by atoms with Crippen molar-refractivity contribution in [3.05, 3.63) is 34.9 Å². The second-order valence-electron chi connectivity index (χ2n) is 10.6. The number of fused-ring (bicyclic) bond motifs is 2. The Morgan fingerprint density at radius 1 is 1.16 bits per heavy atom. The van der Waals surface area contributed by atoms with Gasteiger partial charge in [0.15, 0.2) is 11.5 Å². The fourth-order valence-electron chi connectivity index (χ4n) is 5.76. The fraction of sp³-hybridized carbons (Fsp3) is 0.444. The predicted molar refractivity (Wildman–Crippen MR) is 155 cm³/mol. The number of aromatic nitrogens is 6. The minimum absolute atomic E-state index is 0.0252. The molecule has 5 N–H and O–H groups in total. The van der Waals surface area contributed by atoms with Gasteiger partial charge in [-0.3, -0.25) is 19.2 Å². The number of amides is 3. The van der Waals surface area contributed by atoms with Gasteiger partial charge in [-0.25, -0.2) is 29.0 Å². The number of ether oxygens (including phenoxy) is 2. The summed E-state index contributed by atoms with van der Waals surface area (Å²) in [7, 11) is 2.38. The number of imidazole rings is 1. The number of pyridine rings is 2. The van der Waals surface area contributed by atoms with Crippen LogP contribution in [0.1, 0.15) is 44.1 Å². The van der Waals surface area contributed by atoms with Crippen LogP contribution in [0.4, 0.5) is 27.0 Å². The van der Waals surface area contributed by atoms with Gasteiger partial charge in [-0.1, -0.05) is 6.92 Å². The molecule has 0 aliphatic heterocycles. The average molecular weight is 597 g/mol. The summed E-state index contributed by atoms with van der Waals surface area (Å²) >= 11 is 0. The van der Waals surface area contributed by atoms with Crippen molar-refractivity contribution in [3.8, 4) is 0 Å². The van der Waals surface area contributed by atoms with Gasteiger partial charge in [-0.15, -0.1) is 0 Å². The monoisotopic (exact) mass is 596 g/mol. The fourth-order valence-corrected chi connectivity index (χ4v) is 5.76. The van der Waals surface area contributed by atoms with Crippen molar-refractivity contribution >= 4 is 57.6 Å². The van der Waals surface area contributed by atoms with E-state index in [-0.39, 0.29) is 52.9 Å². The Kier molecular flexibility index (Phi) is 5.60. The maximum atomic E-state index is 13.6. The number of methoxy groups -OCH3 is 2. The number of hydrogen-bond acceptors (Lipinski definition) is 10. The first-order chi connectivity index (χ1) is 22.1. The molecule has 0 aromatic carbocycles. The Bertz CT molecular complexity index is 2010. The lowest BCUT2D eigenvalue weighted by Gasteiger charge is -2.15. The van der Waals surface area contributed by atoms with Crippen LogP contribution in [0.3, 0.4) is 0 Å². The first kappa shape index (κ1) is 23.4. The molecule has 16 heteroatoms. The van der Waals surface area contributed by atoms with E-state index in [1.54, 1.807) is 12.1 Å². The molecule has 2 saturated carbocycles. The summed E-state index contributed by atoms with van der Waals surface area (Å²) in [6.07, 6.45) is 0.653. The maximum Gasteiger partial charge on any atom is 0.412 e. The van der Waals surface area contributed by atoms with Crippen LogP contribution >= 0.6 is 0 Å². The van der Waals surface area contributed by atoms with Crippen LogP contribution < -0.4 is 27.4 Å². The van der Waals surface area contributed by atoms with E-state index in [1.807, 2.05) is 6.92 Å². The summed E-state index contributed by atoms with van der Waals surface area (Å²) in [6, 6.07) is 2.67. The largest absolute Gasteiger partial charge is 0.453 e. The number of anilines is 3. The number of carbonyl (C=O) groups excluding carboxylic acids is 3. The molecule has 0 saturated heterocycles. The van der Waals surface area contributed by atoms with Gasteiger partial charge < -0.3 is 25.8 Å².